The summed E-state index contributed by atoms with van der Waals surface area (Å²) in [4.78, 5) is 0. The van der Waals surface area contributed by atoms with Crippen molar-refractivity contribution in [2.75, 3.05) is 0 Å². The van der Waals surface area contributed by atoms with Crippen LogP contribution < -0.4 is 20.9 Å². The van der Waals surface area contributed by atoms with E-state index >= 15 is 0 Å². The van der Waals surface area contributed by atoms with Crippen LogP contribution in [-0.4, -0.2) is 11.7 Å². The number of ether oxygens (including phenoxy) is 2. The van der Waals surface area contributed by atoms with E-state index in [2.05, 4.69) is 0 Å². The maximum absolute atomic E-state index is 14.2. The van der Waals surface area contributed by atoms with Gasteiger partial charge in [-0.25, -0.2) is 8.78 Å². The SMILES string of the molecule is C.N=C(N)c1ccc(COc2cc(OCc3ccc(C(=N)N)cc3F)cc(C(F)(F)F)c2)c(F)c1. The summed E-state index contributed by atoms with van der Waals surface area (Å²) in [7, 11) is 0. The maximum atomic E-state index is 14.2. The summed E-state index contributed by atoms with van der Waals surface area (Å²) in [5.41, 5.74) is 9.91. The van der Waals surface area contributed by atoms with Crippen molar-refractivity contribution in [2.24, 2.45) is 11.5 Å². The van der Waals surface area contributed by atoms with E-state index in [9.17, 15) is 22.0 Å². The van der Waals surface area contributed by atoms with Crippen LogP contribution in [0, 0.1) is 22.5 Å². The van der Waals surface area contributed by atoms with Gasteiger partial charge in [-0.15, -0.1) is 0 Å². The molecule has 0 saturated heterocycles. The molecule has 0 fully saturated rings. The van der Waals surface area contributed by atoms with E-state index in [1.165, 1.54) is 30.3 Å². The normalized spacial score (nSPS) is 10.9. The van der Waals surface area contributed by atoms with Crippen molar-refractivity contribution >= 4 is 11.7 Å². The zero-order chi connectivity index (χ0) is 25.0. The molecule has 3 aromatic rings. The fourth-order valence-corrected chi connectivity index (χ4v) is 2.89. The highest BCUT2D eigenvalue weighted by Crippen LogP contribution is 2.35. The third kappa shape index (κ3) is 6.92. The first-order valence-electron chi connectivity index (χ1n) is 9.67. The molecule has 0 radical (unpaired) electrons. The molecule has 11 heteroatoms. The molecule has 0 aromatic heterocycles. The molecule has 0 amide bonds. The molecule has 0 aliphatic carbocycles. The summed E-state index contributed by atoms with van der Waals surface area (Å²) in [5.74, 6) is -2.63. The Bertz CT molecular complexity index is 1160. The monoisotopic (exact) mass is 494 g/mol. The van der Waals surface area contributed by atoms with Gasteiger partial charge in [0.05, 0.1) is 5.56 Å². The molecule has 35 heavy (non-hydrogen) atoms. The Morgan fingerprint density at radius 1 is 0.714 bits per heavy atom. The first-order chi connectivity index (χ1) is 15.9. The maximum Gasteiger partial charge on any atom is 0.416 e. The van der Waals surface area contributed by atoms with Gasteiger partial charge in [-0.05, 0) is 24.3 Å². The molecule has 0 aliphatic rings. The third-order valence-electron chi connectivity index (χ3n) is 4.72. The minimum Gasteiger partial charge on any atom is -0.489 e. The molecular weight excluding hydrogens is 471 g/mol. The van der Waals surface area contributed by atoms with Gasteiger partial charge in [-0.1, -0.05) is 31.7 Å². The molecule has 0 bridgehead atoms. The summed E-state index contributed by atoms with van der Waals surface area (Å²) in [6.07, 6.45) is -4.72. The van der Waals surface area contributed by atoms with Crippen LogP contribution in [0.5, 0.6) is 11.5 Å². The van der Waals surface area contributed by atoms with Crippen molar-refractivity contribution in [3.05, 3.63) is 94.0 Å². The van der Waals surface area contributed by atoms with Crippen LogP contribution in [0.2, 0.25) is 0 Å². The summed E-state index contributed by atoms with van der Waals surface area (Å²) in [5, 5.41) is 14.6. The van der Waals surface area contributed by atoms with Crippen LogP contribution in [0.1, 0.15) is 35.2 Å². The number of hydrogen-bond donors (Lipinski definition) is 4. The standard InChI is InChI=1S/C23H19F5N4O2.CH4/c24-19-5-12(21(29)30)1-3-14(19)10-33-17-7-16(23(26,27)28)8-18(9-17)34-11-15-4-2-13(22(31)32)6-20(15)25;/h1-9H,10-11H2,(H3,29,30)(H3,31,32);1H4. The smallest absolute Gasteiger partial charge is 0.416 e. The van der Waals surface area contributed by atoms with Crippen LogP contribution in [0.4, 0.5) is 22.0 Å². The van der Waals surface area contributed by atoms with Crippen LogP contribution in [0.25, 0.3) is 0 Å². The summed E-state index contributed by atoms with van der Waals surface area (Å²) in [6, 6.07) is 10.1. The van der Waals surface area contributed by atoms with E-state index in [0.29, 0.717) is 0 Å². The molecule has 0 spiro atoms. The Balaban J connectivity index is 0.00000432. The van der Waals surface area contributed by atoms with Gasteiger partial charge in [-0.3, -0.25) is 10.8 Å². The molecule has 6 nitrogen and oxygen atoms in total. The zero-order valence-electron chi connectivity index (χ0n) is 17.5. The lowest BCUT2D eigenvalue weighted by molar-refractivity contribution is -0.137. The van der Waals surface area contributed by atoms with Crippen molar-refractivity contribution in [1.82, 2.24) is 0 Å². The van der Waals surface area contributed by atoms with Gasteiger partial charge in [0, 0.05) is 28.3 Å². The number of alkyl halides is 3. The van der Waals surface area contributed by atoms with E-state index < -0.39 is 36.6 Å². The third-order valence-corrected chi connectivity index (χ3v) is 4.72. The number of benzene rings is 3. The molecule has 3 aromatic carbocycles. The molecule has 6 N–H and O–H groups in total. The highest BCUT2D eigenvalue weighted by Gasteiger charge is 2.32. The van der Waals surface area contributed by atoms with Crippen molar-refractivity contribution in [3.8, 4) is 11.5 Å². The van der Waals surface area contributed by atoms with Gasteiger partial charge in [0.15, 0.2) is 0 Å². The Hall–Kier alpha value is -4.15. The number of nitrogens with one attached hydrogen (secondary N) is 2. The summed E-state index contributed by atoms with van der Waals surface area (Å²) in [6.45, 7) is -0.794. The number of nitrogens with two attached hydrogens (primary N) is 2. The quantitative estimate of drug-likeness (QED) is 0.192. The Morgan fingerprint density at radius 3 is 1.43 bits per heavy atom. The fourth-order valence-electron chi connectivity index (χ4n) is 2.89. The van der Waals surface area contributed by atoms with E-state index in [0.717, 1.165) is 24.3 Å². The minimum absolute atomic E-state index is 0. The second kappa shape index (κ2) is 10.9. The van der Waals surface area contributed by atoms with Gasteiger partial charge in [0.2, 0.25) is 0 Å². The van der Waals surface area contributed by atoms with Gasteiger partial charge < -0.3 is 20.9 Å². The molecule has 0 aliphatic heterocycles. The highest BCUT2D eigenvalue weighted by atomic mass is 19.4. The van der Waals surface area contributed by atoms with E-state index in [1.54, 1.807) is 0 Å². The van der Waals surface area contributed by atoms with Crippen LogP contribution in [-0.2, 0) is 19.4 Å². The van der Waals surface area contributed by atoms with E-state index in [-0.39, 0.29) is 52.9 Å². The predicted octanol–water partition coefficient (Wildman–Crippen LogP) is 5.35. The fraction of sp³-hybridized carbons (Fsp3) is 0.167. The Labute approximate surface area is 198 Å². The first-order valence-corrected chi connectivity index (χ1v) is 9.67. The van der Waals surface area contributed by atoms with Gasteiger partial charge in [-0.2, -0.15) is 13.2 Å². The predicted molar refractivity (Wildman–Crippen MR) is 122 cm³/mol. The van der Waals surface area contributed by atoms with E-state index in [4.69, 9.17) is 31.8 Å². The van der Waals surface area contributed by atoms with Crippen molar-refractivity contribution in [1.29, 1.82) is 10.8 Å². The lowest BCUT2D eigenvalue weighted by Crippen LogP contribution is -2.12. The largest absolute Gasteiger partial charge is 0.489 e. The highest BCUT2D eigenvalue weighted by molar-refractivity contribution is 5.95. The average Bonchev–Trinajstić information content (AvgIpc) is 2.76. The molecule has 0 atom stereocenters. The topological polar surface area (TPSA) is 118 Å². The van der Waals surface area contributed by atoms with Crippen LogP contribution in [0.15, 0.2) is 54.6 Å². The number of amidine groups is 2. The number of nitrogen functional groups attached to an aromatic ring is 2. The zero-order valence-corrected chi connectivity index (χ0v) is 17.5. The summed E-state index contributed by atoms with van der Waals surface area (Å²) >= 11 is 0. The van der Waals surface area contributed by atoms with Crippen LogP contribution >= 0.6 is 0 Å². The van der Waals surface area contributed by atoms with Crippen molar-refractivity contribution in [2.45, 2.75) is 26.8 Å². The van der Waals surface area contributed by atoms with E-state index in [1.807, 2.05) is 0 Å². The number of hydrogen-bond acceptors (Lipinski definition) is 4. The lowest BCUT2D eigenvalue weighted by atomic mass is 10.1. The van der Waals surface area contributed by atoms with Crippen molar-refractivity contribution in [3.63, 3.8) is 0 Å². The van der Waals surface area contributed by atoms with Crippen LogP contribution in [0.3, 0.4) is 0 Å². The van der Waals surface area contributed by atoms with Crippen molar-refractivity contribution < 1.29 is 31.4 Å². The minimum atomic E-state index is -4.72. The van der Waals surface area contributed by atoms with Gasteiger partial charge in [0.25, 0.3) is 0 Å². The molecular formula is C24H23F5N4O2. The molecule has 3 rings (SSSR count). The molecule has 0 unspecified atom stereocenters. The molecule has 0 saturated carbocycles. The second-order valence-corrected chi connectivity index (χ2v) is 7.21. The number of rotatable bonds is 8. The summed E-state index contributed by atoms with van der Waals surface area (Å²) < 4.78 is 79.1. The lowest BCUT2D eigenvalue weighted by Gasteiger charge is -2.15. The first kappa shape index (κ1) is 27.1. The Morgan fingerprint density at radius 2 is 1.11 bits per heavy atom. The molecule has 0 heterocycles. The average molecular weight is 494 g/mol. The Kier molecular flexibility index (Phi) is 8.40. The number of halogens is 5. The second-order valence-electron chi connectivity index (χ2n) is 7.21. The van der Waals surface area contributed by atoms with Gasteiger partial charge >= 0.3 is 6.18 Å². The van der Waals surface area contributed by atoms with Gasteiger partial charge in [0.1, 0.15) is 48.0 Å². The molecule has 186 valence electrons.